The Labute approximate surface area is 97.7 Å². The normalized spacial score (nSPS) is 10.1. The van der Waals surface area contributed by atoms with E-state index in [0.717, 1.165) is 0 Å². The number of phenolic OH excluding ortho intramolecular Hbond substituents is 1. The summed E-state index contributed by atoms with van der Waals surface area (Å²) in [5.74, 6) is -0.460. The first-order valence-corrected chi connectivity index (χ1v) is 4.93. The first-order chi connectivity index (χ1) is 8.09. The van der Waals surface area contributed by atoms with E-state index in [9.17, 15) is 9.90 Å². The van der Waals surface area contributed by atoms with Crippen LogP contribution >= 0.6 is 0 Å². The second-order valence-electron chi connectivity index (χ2n) is 3.54. The predicted octanol–water partition coefficient (Wildman–Crippen LogP) is 1.14. The van der Waals surface area contributed by atoms with E-state index >= 15 is 0 Å². The number of carbonyl (C=O) groups excluding carboxylic acids is 1. The Balaban J connectivity index is 2.58. The number of carbonyl (C=O) groups is 1. The van der Waals surface area contributed by atoms with Crippen molar-refractivity contribution in [3.8, 4) is 16.9 Å². The maximum atomic E-state index is 11.1. The number of nitrogens with zero attached hydrogens (tertiary/aromatic N) is 1. The average molecular weight is 229 g/mol. The number of pyridine rings is 1. The smallest absolute Gasteiger partial charge is 0.252 e. The summed E-state index contributed by atoms with van der Waals surface area (Å²) in [7, 11) is 0. The highest BCUT2D eigenvalue weighted by atomic mass is 16.3. The number of hydrogen-bond acceptors (Lipinski definition) is 4. The Bertz CT molecular complexity index is 582. The lowest BCUT2D eigenvalue weighted by atomic mass is 10.0. The van der Waals surface area contributed by atoms with Crippen LogP contribution in [0.15, 0.2) is 36.5 Å². The molecule has 2 rings (SSSR count). The van der Waals surface area contributed by atoms with Crippen LogP contribution in [0.5, 0.6) is 5.75 Å². The van der Waals surface area contributed by atoms with Gasteiger partial charge in [-0.2, -0.15) is 0 Å². The number of aromatic hydroxyl groups is 1. The molecule has 0 saturated carbocycles. The molecule has 1 heterocycles. The Morgan fingerprint density at radius 2 is 2.00 bits per heavy atom. The van der Waals surface area contributed by atoms with Gasteiger partial charge in [0.25, 0.3) is 5.91 Å². The minimum atomic E-state index is -0.646. The predicted molar refractivity (Wildman–Crippen MR) is 64.3 cm³/mol. The van der Waals surface area contributed by atoms with Gasteiger partial charge in [0.1, 0.15) is 11.6 Å². The quantitative estimate of drug-likeness (QED) is 0.718. The van der Waals surface area contributed by atoms with Gasteiger partial charge in [0.2, 0.25) is 0 Å². The average Bonchev–Trinajstić information content (AvgIpc) is 2.30. The fraction of sp³-hybridized carbons (Fsp3) is 0. The standard InChI is InChI=1S/C12H11N3O2/c13-11-9(12(14)17)5-7(6-15-11)8-3-1-2-4-10(8)16/h1-6,16H,(H2,13,15)(H2,14,17). The van der Waals surface area contributed by atoms with Crippen LogP contribution in [0.25, 0.3) is 11.1 Å². The number of benzene rings is 1. The highest BCUT2D eigenvalue weighted by Gasteiger charge is 2.10. The van der Waals surface area contributed by atoms with E-state index in [-0.39, 0.29) is 17.1 Å². The molecule has 0 aliphatic carbocycles. The van der Waals surface area contributed by atoms with Crippen molar-refractivity contribution in [2.75, 3.05) is 5.73 Å². The molecule has 1 amide bonds. The van der Waals surface area contributed by atoms with Crippen LogP contribution in [0, 0.1) is 0 Å². The van der Waals surface area contributed by atoms with Gasteiger partial charge in [0, 0.05) is 17.3 Å². The van der Waals surface area contributed by atoms with Crippen LogP contribution < -0.4 is 11.5 Å². The molecule has 17 heavy (non-hydrogen) atoms. The molecule has 86 valence electrons. The van der Waals surface area contributed by atoms with Crippen molar-refractivity contribution in [1.82, 2.24) is 4.98 Å². The molecule has 0 aliphatic heterocycles. The zero-order chi connectivity index (χ0) is 12.4. The minimum Gasteiger partial charge on any atom is -0.507 e. The van der Waals surface area contributed by atoms with Crippen LogP contribution in [0.4, 0.5) is 5.82 Å². The molecule has 0 bridgehead atoms. The first kappa shape index (κ1) is 10.9. The van der Waals surface area contributed by atoms with E-state index in [1.807, 2.05) is 0 Å². The van der Waals surface area contributed by atoms with Crippen molar-refractivity contribution in [1.29, 1.82) is 0 Å². The van der Waals surface area contributed by atoms with Crippen LogP contribution in [-0.4, -0.2) is 16.0 Å². The van der Waals surface area contributed by atoms with Crippen molar-refractivity contribution in [3.05, 3.63) is 42.1 Å². The van der Waals surface area contributed by atoms with Gasteiger partial charge in [-0.15, -0.1) is 0 Å². The van der Waals surface area contributed by atoms with Gasteiger partial charge in [0.05, 0.1) is 5.56 Å². The summed E-state index contributed by atoms with van der Waals surface area (Å²) < 4.78 is 0. The Morgan fingerprint density at radius 3 is 2.65 bits per heavy atom. The number of phenols is 1. The minimum absolute atomic E-state index is 0.0803. The summed E-state index contributed by atoms with van der Waals surface area (Å²) >= 11 is 0. The monoisotopic (exact) mass is 229 g/mol. The molecule has 0 atom stereocenters. The first-order valence-electron chi connectivity index (χ1n) is 4.93. The fourth-order valence-corrected chi connectivity index (χ4v) is 1.54. The molecule has 0 saturated heterocycles. The summed E-state index contributed by atoms with van der Waals surface area (Å²) in [5, 5.41) is 9.69. The summed E-state index contributed by atoms with van der Waals surface area (Å²) in [5.41, 5.74) is 12.0. The maximum Gasteiger partial charge on any atom is 0.252 e. The maximum absolute atomic E-state index is 11.1. The molecular weight excluding hydrogens is 218 g/mol. The second-order valence-corrected chi connectivity index (χ2v) is 3.54. The molecule has 5 nitrogen and oxygen atoms in total. The topological polar surface area (TPSA) is 102 Å². The summed E-state index contributed by atoms with van der Waals surface area (Å²) in [6.45, 7) is 0. The van der Waals surface area contributed by atoms with E-state index in [1.165, 1.54) is 12.3 Å². The second kappa shape index (κ2) is 4.13. The zero-order valence-electron chi connectivity index (χ0n) is 8.92. The third-order valence-corrected chi connectivity index (χ3v) is 2.40. The Hall–Kier alpha value is -2.56. The van der Waals surface area contributed by atoms with Crippen molar-refractivity contribution in [2.45, 2.75) is 0 Å². The van der Waals surface area contributed by atoms with E-state index in [4.69, 9.17) is 11.5 Å². The van der Waals surface area contributed by atoms with Gasteiger partial charge < -0.3 is 16.6 Å². The number of nitrogen functional groups attached to an aromatic ring is 1. The fourth-order valence-electron chi connectivity index (χ4n) is 1.54. The number of aromatic nitrogens is 1. The van der Waals surface area contributed by atoms with Gasteiger partial charge in [-0.05, 0) is 12.1 Å². The highest BCUT2D eigenvalue weighted by molar-refractivity contribution is 5.98. The molecule has 0 aliphatic rings. The van der Waals surface area contributed by atoms with Crippen LogP contribution in [0.2, 0.25) is 0 Å². The van der Waals surface area contributed by atoms with Crippen LogP contribution in [0.1, 0.15) is 10.4 Å². The van der Waals surface area contributed by atoms with Gasteiger partial charge in [0.15, 0.2) is 0 Å². The number of para-hydroxylation sites is 1. The number of rotatable bonds is 2. The SMILES string of the molecule is NC(=O)c1cc(-c2ccccc2O)cnc1N. The third-order valence-electron chi connectivity index (χ3n) is 2.40. The Kier molecular flexibility index (Phi) is 2.66. The zero-order valence-corrected chi connectivity index (χ0v) is 8.92. The molecule has 1 aromatic carbocycles. The molecule has 2 aromatic rings. The molecule has 0 unspecified atom stereocenters. The van der Waals surface area contributed by atoms with Crippen molar-refractivity contribution < 1.29 is 9.90 Å². The van der Waals surface area contributed by atoms with Gasteiger partial charge in [-0.25, -0.2) is 4.98 Å². The third kappa shape index (κ3) is 2.03. The molecule has 0 fully saturated rings. The number of anilines is 1. The molecule has 1 aromatic heterocycles. The number of nitrogens with two attached hydrogens (primary N) is 2. The molecule has 0 spiro atoms. The van der Waals surface area contributed by atoms with E-state index < -0.39 is 5.91 Å². The number of amides is 1. The lowest BCUT2D eigenvalue weighted by molar-refractivity contribution is 0.100. The molecule has 0 radical (unpaired) electrons. The van der Waals surface area contributed by atoms with Crippen molar-refractivity contribution in [3.63, 3.8) is 0 Å². The van der Waals surface area contributed by atoms with E-state index in [1.54, 1.807) is 24.3 Å². The van der Waals surface area contributed by atoms with Gasteiger partial charge in [-0.1, -0.05) is 18.2 Å². The molecule has 5 heteroatoms. The Morgan fingerprint density at radius 1 is 1.29 bits per heavy atom. The largest absolute Gasteiger partial charge is 0.507 e. The van der Waals surface area contributed by atoms with Crippen molar-refractivity contribution in [2.24, 2.45) is 5.73 Å². The summed E-state index contributed by atoms with van der Waals surface area (Å²) in [6, 6.07) is 8.26. The van der Waals surface area contributed by atoms with E-state index in [0.29, 0.717) is 11.1 Å². The number of primary amides is 1. The van der Waals surface area contributed by atoms with Crippen LogP contribution in [0.3, 0.4) is 0 Å². The van der Waals surface area contributed by atoms with Gasteiger partial charge in [-0.3, -0.25) is 4.79 Å². The highest BCUT2D eigenvalue weighted by Crippen LogP contribution is 2.29. The van der Waals surface area contributed by atoms with Crippen molar-refractivity contribution >= 4 is 11.7 Å². The van der Waals surface area contributed by atoms with Gasteiger partial charge >= 0.3 is 0 Å². The summed E-state index contributed by atoms with van der Waals surface area (Å²) in [6.07, 6.45) is 1.48. The van der Waals surface area contributed by atoms with Crippen LogP contribution in [-0.2, 0) is 0 Å². The molecule has 5 N–H and O–H groups in total. The lowest BCUT2D eigenvalue weighted by Crippen LogP contribution is -2.14. The number of hydrogen-bond donors (Lipinski definition) is 3. The molecular formula is C12H11N3O2. The van der Waals surface area contributed by atoms with E-state index in [2.05, 4.69) is 4.98 Å². The summed E-state index contributed by atoms with van der Waals surface area (Å²) in [4.78, 5) is 15.0. The lowest BCUT2D eigenvalue weighted by Gasteiger charge is -2.06.